The normalized spacial score (nSPS) is 17.8. The number of para-hydroxylation sites is 1. The first kappa shape index (κ1) is 27.9. The predicted octanol–water partition coefficient (Wildman–Crippen LogP) is 5.72. The molecule has 0 aliphatic carbocycles. The molecule has 6 heteroatoms. The minimum atomic E-state index is 0.226. The standard InChI is InChI=1S/C17H24N2O.C10H11N.C5H9NO/c1-2-18-12-9-15(10-13-18)17(20)19-11-5-7-14-6-3-4-8-16(14)19;1-7-3-4-9-6-8(2)11-10(9)5-7;7-5-6-3-1-2-4-6/h3-4,6,8,15H,2,5,7,9-13H2,1H3;3-6,11H,1-2H3;5H,1-4H2. The van der Waals surface area contributed by atoms with Crippen molar-refractivity contribution >= 4 is 28.9 Å². The number of H-pyrrole nitrogens is 1. The van der Waals surface area contributed by atoms with Crippen molar-refractivity contribution in [2.75, 3.05) is 44.2 Å². The van der Waals surface area contributed by atoms with Gasteiger partial charge in [0, 0.05) is 42.5 Å². The number of hydrogen-bond donors (Lipinski definition) is 1. The van der Waals surface area contributed by atoms with Crippen LogP contribution in [0.15, 0.2) is 48.5 Å². The Morgan fingerprint density at radius 3 is 2.37 bits per heavy atom. The molecule has 3 aliphatic rings. The van der Waals surface area contributed by atoms with Crippen molar-refractivity contribution in [1.29, 1.82) is 0 Å². The molecule has 2 saturated heterocycles. The molecule has 0 atom stereocenters. The quantitative estimate of drug-likeness (QED) is 0.453. The maximum Gasteiger partial charge on any atom is 0.230 e. The highest BCUT2D eigenvalue weighted by Crippen LogP contribution is 2.30. The van der Waals surface area contributed by atoms with E-state index < -0.39 is 0 Å². The monoisotopic (exact) mass is 516 g/mol. The van der Waals surface area contributed by atoms with Gasteiger partial charge in [0.2, 0.25) is 12.3 Å². The number of piperidine rings is 1. The zero-order chi connectivity index (χ0) is 26.9. The minimum Gasteiger partial charge on any atom is -0.359 e. The van der Waals surface area contributed by atoms with E-state index in [0.717, 1.165) is 77.0 Å². The van der Waals surface area contributed by atoms with Crippen LogP contribution in [0, 0.1) is 19.8 Å². The summed E-state index contributed by atoms with van der Waals surface area (Å²) >= 11 is 0. The number of fused-ring (bicyclic) bond motifs is 2. The molecule has 2 aromatic carbocycles. The molecule has 6 nitrogen and oxygen atoms in total. The van der Waals surface area contributed by atoms with E-state index in [2.05, 4.69) is 73.1 Å². The van der Waals surface area contributed by atoms with Gasteiger partial charge in [-0.3, -0.25) is 9.59 Å². The second-order valence-corrected chi connectivity index (χ2v) is 10.8. The lowest BCUT2D eigenvalue weighted by Crippen LogP contribution is -2.44. The molecule has 0 bridgehead atoms. The van der Waals surface area contributed by atoms with Gasteiger partial charge in [0.25, 0.3) is 0 Å². The van der Waals surface area contributed by atoms with E-state index in [1.54, 1.807) is 4.90 Å². The highest BCUT2D eigenvalue weighted by atomic mass is 16.2. The van der Waals surface area contributed by atoms with Crippen LogP contribution in [0.5, 0.6) is 0 Å². The third-order valence-corrected chi connectivity index (χ3v) is 7.96. The van der Waals surface area contributed by atoms with Gasteiger partial charge in [0.05, 0.1) is 0 Å². The number of anilines is 1. The third-order valence-electron chi connectivity index (χ3n) is 7.96. The Bertz CT molecular complexity index is 1190. The Balaban J connectivity index is 0.000000155. The molecule has 204 valence electrons. The molecule has 1 aromatic heterocycles. The molecule has 6 rings (SSSR count). The fourth-order valence-electron chi connectivity index (χ4n) is 5.71. The number of rotatable bonds is 3. The minimum absolute atomic E-state index is 0.226. The first-order valence-corrected chi connectivity index (χ1v) is 14.4. The lowest BCUT2D eigenvalue weighted by Gasteiger charge is -2.36. The lowest BCUT2D eigenvalue weighted by molar-refractivity contribution is -0.124. The topological polar surface area (TPSA) is 59.7 Å². The number of amides is 2. The lowest BCUT2D eigenvalue weighted by atomic mass is 9.93. The summed E-state index contributed by atoms with van der Waals surface area (Å²) in [4.78, 5) is 32.3. The molecule has 0 unspecified atom stereocenters. The zero-order valence-corrected chi connectivity index (χ0v) is 23.4. The van der Waals surface area contributed by atoms with Gasteiger partial charge in [-0.15, -0.1) is 0 Å². The number of benzene rings is 2. The largest absolute Gasteiger partial charge is 0.359 e. The van der Waals surface area contributed by atoms with Gasteiger partial charge in [0.1, 0.15) is 0 Å². The smallest absolute Gasteiger partial charge is 0.230 e. The van der Waals surface area contributed by atoms with Crippen LogP contribution >= 0.6 is 0 Å². The van der Waals surface area contributed by atoms with Gasteiger partial charge in [-0.1, -0.05) is 37.3 Å². The van der Waals surface area contributed by atoms with Crippen molar-refractivity contribution in [3.63, 3.8) is 0 Å². The van der Waals surface area contributed by atoms with Crippen LogP contribution in [0.2, 0.25) is 0 Å². The van der Waals surface area contributed by atoms with Gasteiger partial charge >= 0.3 is 0 Å². The van der Waals surface area contributed by atoms with Crippen LogP contribution in [-0.2, 0) is 16.0 Å². The summed E-state index contributed by atoms with van der Waals surface area (Å²) in [5.74, 6) is 0.580. The number of nitrogens with zero attached hydrogens (tertiary/aromatic N) is 3. The highest BCUT2D eigenvalue weighted by molar-refractivity contribution is 5.96. The number of likely N-dealkylation sites (tertiary alicyclic amines) is 2. The first-order valence-electron chi connectivity index (χ1n) is 14.4. The van der Waals surface area contributed by atoms with Gasteiger partial charge in [-0.2, -0.15) is 0 Å². The summed E-state index contributed by atoms with van der Waals surface area (Å²) in [5, 5.41) is 1.30. The average Bonchev–Trinajstić information content (AvgIpc) is 3.62. The van der Waals surface area contributed by atoms with E-state index in [4.69, 9.17) is 0 Å². The first-order chi connectivity index (χ1) is 18.5. The van der Waals surface area contributed by atoms with E-state index in [1.807, 2.05) is 11.0 Å². The molecule has 4 heterocycles. The van der Waals surface area contributed by atoms with Gasteiger partial charge in [-0.25, -0.2) is 0 Å². The summed E-state index contributed by atoms with van der Waals surface area (Å²) in [6, 6.07) is 17.0. The number of aryl methyl sites for hydroxylation is 3. The van der Waals surface area contributed by atoms with Gasteiger partial charge in [-0.05, 0) is 107 Å². The number of carbonyl (C=O) groups is 2. The van der Waals surface area contributed by atoms with Crippen molar-refractivity contribution < 1.29 is 9.59 Å². The van der Waals surface area contributed by atoms with Crippen molar-refractivity contribution in [3.8, 4) is 0 Å². The maximum absolute atomic E-state index is 12.8. The van der Waals surface area contributed by atoms with Crippen LogP contribution in [0.25, 0.3) is 10.9 Å². The van der Waals surface area contributed by atoms with Crippen molar-refractivity contribution in [3.05, 3.63) is 65.4 Å². The fourth-order valence-corrected chi connectivity index (χ4v) is 5.71. The molecular weight excluding hydrogens is 472 g/mol. The predicted molar refractivity (Wildman–Crippen MR) is 157 cm³/mol. The Hall–Kier alpha value is -3.12. The molecular formula is C32H44N4O2. The van der Waals surface area contributed by atoms with Crippen LogP contribution < -0.4 is 4.90 Å². The summed E-state index contributed by atoms with van der Waals surface area (Å²) < 4.78 is 0. The van der Waals surface area contributed by atoms with E-state index >= 15 is 0 Å². The van der Waals surface area contributed by atoms with Crippen molar-refractivity contribution in [1.82, 2.24) is 14.8 Å². The van der Waals surface area contributed by atoms with E-state index in [1.165, 1.54) is 40.6 Å². The summed E-state index contributed by atoms with van der Waals surface area (Å²) in [5.41, 5.74) is 6.26. The molecule has 3 aliphatic heterocycles. The second kappa shape index (κ2) is 13.6. The van der Waals surface area contributed by atoms with Gasteiger partial charge in [0.15, 0.2) is 0 Å². The Morgan fingerprint density at radius 1 is 0.947 bits per heavy atom. The molecule has 0 saturated carbocycles. The molecule has 0 radical (unpaired) electrons. The maximum atomic E-state index is 12.8. The number of carbonyl (C=O) groups excluding carboxylic acids is 2. The van der Waals surface area contributed by atoms with Crippen LogP contribution in [0.1, 0.15) is 55.8 Å². The molecule has 0 spiro atoms. The second-order valence-electron chi connectivity index (χ2n) is 10.8. The zero-order valence-electron chi connectivity index (χ0n) is 23.4. The number of hydrogen-bond acceptors (Lipinski definition) is 3. The third kappa shape index (κ3) is 7.25. The highest BCUT2D eigenvalue weighted by Gasteiger charge is 2.30. The van der Waals surface area contributed by atoms with E-state index in [-0.39, 0.29) is 5.92 Å². The number of aromatic nitrogens is 1. The molecule has 2 amide bonds. The SMILES string of the molecule is CCN1CCC(C(=O)N2CCCc3ccccc32)CC1.Cc1ccc2cc(C)[nH]c2c1.O=CN1CCCC1. The Morgan fingerprint density at radius 2 is 1.68 bits per heavy atom. The molecule has 38 heavy (non-hydrogen) atoms. The molecule has 3 aromatic rings. The fraction of sp³-hybridized carbons (Fsp3) is 0.500. The summed E-state index contributed by atoms with van der Waals surface area (Å²) in [6.45, 7) is 12.5. The van der Waals surface area contributed by atoms with E-state index in [9.17, 15) is 9.59 Å². The molecule has 1 N–H and O–H groups in total. The van der Waals surface area contributed by atoms with Crippen molar-refractivity contribution in [2.24, 2.45) is 5.92 Å². The number of aromatic amines is 1. The van der Waals surface area contributed by atoms with E-state index in [0.29, 0.717) is 5.91 Å². The average molecular weight is 517 g/mol. The molecule has 2 fully saturated rings. The van der Waals surface area contributed by atoms with Gasteiger partial charge < -0.3 is 19.7 Å². The number of nitrogens with one attached hydrogen (secondary N) is 1. The summed E-state index contributed by atoms with van der Waals surface area (Å²) in [6.07, 6.45) is 7.55. The Labute approximate surface area is 228 Å². The van der Waals surface area contributed by atoms with Crippen LogP contribution in [0.4, 0.5) is 5.69 Å². The van der Waals surface area contributed by atoms with Crippen molar-refractivity contribution in [2.45, 2.75) is 59.3 Å². The van der Waals surface area contributed by atoms with Crippen LogP contribution in [0.3, 0.4) is 0 Å². The summed E-state index contributed by atoms with van der Waals surface area (Å²) in [7, 11) is 0. The van der Waals surface area contributed by atoms with Crippen LogP contribution in [-0.4, -0.2) is 66.4 Å². The Kier molecular flexibility index (Phi) is 9.99.